The van der Waals surface area contributed by atoms with Crippen LogP contribution < -0.4 is 0 Å². The Morgan fingerprint density at radius 1 is 1.27 bits per heavy atom. The first-order valence-corrected chi connectivity index (χ1v) is 4.14. The van der Waals surface area contributed by atoms with Gasteiger partial charge >= 0.3 is 6.18 Å². The third-order valence-electron chi connectivity index (χ3n) is 1.85. The van der Waals surface area contributed by atoms with Gasteiger partial charge in [-0.3, -0.25) is 0 Å². The molecular formula is C10H7F4N. The maximum Gasteiger partial charge on any atom is 0.419 e. The third-order valence-corrected chi connectivity index (χ3v) is 1.85. The van der Waals surface area contributed by atoms with Crippen molar-refractivity contribution in [3.8, 4) is 0 Å². The normalized spacial score (nSPS) is 11.1. The van der Waals surface area contributed by atoms with Crippen LogP contribution in [0.1, 0.15) is 11.1 Å². The van der Waals surface area contributed by atoms with Gasteiger partial charge in [0.05, 0.1) is 5.56 Å². The predicted molar refractivity (Wildman–Crippen MR) is 46.6 cm³/mol. The quantitative estimate of drug-likeness (QED) is 0.528. The summed E-state index contributed by atoms with van der Waals surface area (Å²) in [5.74, 6) is -1.28. The van der Waals surface area contributed by atoms with Gasteiger partial charge in [0, 0.05) is 6.42 Å². The average Bonchev–Trinajstić information content (AvgIpc) is 2.15. The number of rotatable bonds is 2. The van der Waals surface area contributed by atoms with E-state index in [1.165, 1.54) is 6.07 Å². The molecule has 1 aromatic rings. The number of nitrogens with zero attached hydrogens (tertiary/aromatic N) is 1. The first-order chi connectivity index (χ1) is 6.95. The molecule has 0 N–H and O–H groups in total. The Morgan fingerprint density at radius 3 is 2.47 bits per heavy atom. The first-order valence-electron chi connectivity index (χ1n) is 4.14. The Kier molecular flexibility index (Phi) is 3.30. The summed E-state index contributed by atoms with van der Waals surface area (Å²) in [7, 11) is 0. The summed E-state index contributed by atoms with van der Waals surface area (Å²) in [6, 6.07) is 2.79. The number of alkyl halides is 3. The smallest absolute Gasteiger partial charge is 0.317 e. The molecule has 15 heavy (non-hydrogen) atoms. The fourth-order valence-corrected chi connectivity index (χ4v) is 1.13. The van der Waals surface area contributed by atoms with Crippen molar-refractivity contribution in [3.63, 3.8) is 0 Å². The fourth-order valence-electron chi connectivity index (χ4n) is 1.13. The van der Waals surface area contributed by atoms with Crippen molar-refractivity contribution in [1.29, 1.82) is 0 Å². The number of hydrogen-bond donors (Lipinski definition) is 0. The maximum atomic E-state index is 12.8. The van der Waals surface area contributed by atoms with Crippen LogP contribution in [0.3, 0.4) is 0 Å². The number of hydrogen-bond acceptors (Lipinski definition) is 0. The summed E-state index contributed by atoms with van der Waals surface area (Å²) in [6.45, 7) is 6.60. The van der Waals surface area contributed by atoms with Crippen molar-refractivity contribution in [3.05, 3.63) is 46.6 Å². The van der Waals surface area contributed by atoms with E-state index in [2.05, 4.69) is 4.85 Å². The van der Waals surface area contributed by atoms with Crippen LogP contribution in [0, 0.1) is 12.4 Å². The highest BCUT2D eigenvalue weighted by atomic mass is 19.4. The zero-order valence-electron chi connectivity index (χ0n) is 7.61. The first kappa shape index (κ1) is 11.5. The lowest BCUT2D eigenvalue weighted by Crippen LogP contribution is -2.09. The number of halogens is 4. The summed E-state index contributed by atoms with van der Waals surface area (Å²) in [4.78, 5) is 3.02. The molecule has 0 unspecified atom stereocenters. The van der Waals surface area contributed by atoms with Crippen LogP contribution in [0.25, 0.3) is 4.85 Å². The molecule has 0 amide bonds. The lowest BCUT2D eigenvalue weighted by molar-refractivity contribution is -0.140. The van der Waals surface area contributed by atoms with Gasteiger partial charge < -0.3 is 4.85 Å². The van der Waals surface area contributed by atoms with Gasteiger partial charge in [0.25, 0.3) is 0 Å². The zero-order chi connectivity index (χ0) is 11.5. The van der Waals surface area contributed by atoms with Gasteiger partial charge in [-0.1, -0.05) is 6.07 Å². The molecule has 0 aliphatic carbocycles. The second-order valence-electron chi connectivity index (χ2n) is 2.94. The van der Waals surface area contributed by atoms with Gasteiger partial charge in [0.15, 0.2) is 0 Å². The van der Waals surface area contributed by atoms with Gasteiger partial charge in [-0.25, -0.2) is 11.0 Å². The fraction of sp³-hybridized carbons (Fsp3) is 0.300. The van der Waals surface area contributed by atoms with Crippen molar-refractivity contribution in [2.45, 2.75) is 12.6 Å². The number of benzene rings is 1. The topological polar surface area (TPSA) is 4.36 Å². The molecule has 0 aromatic heterocycles. The van der Waals surface area contributed by atoms with Crippen LogP contribution in [-0.2, 0) is 12.6 Å². The molecule has 0 fully saturated rings. The Morgan fingerprint density at radius 2 is 1.93 bits per heavy atom. The van der Waals surface area contributed by atoms with Crippen LogP contribution in [-0.4, -0.2) is 6.54 Å². The molecule has 1 rings (SSSR count). The zero-order valence-corrected chi connectivity index (χ0v) is 7.61. The third kappa shape index (κ3) is 2.94. The average molecular weight is 217 g/mol. The molecule has 0 aliphatic heterocycles. The van der Waals surface area contributed by atoms with Crippen molar-refractivity contribution < 1.29 is 17.6 Å². The predicted octanol–water partition coefficient (Wildman–Crippen LogP) is 3.31. The molecule has 0 heterocycles. The molecule has 1 aromatic carbocycles. The van der Waals surface area contributed by atoms with Crippen molar-refractivity contribution >= 4 is 0 Å². The molecule has 1 nitrogen and oxygen atoms in total. The van der Waals surface area contributed by atoms with Crippen LogP contribution in [0.5, 0.6) is 0 Å². The summed E-state index contributed by atoms with van der Waals surface area (Å²) in [5, 5.41) is 0. The Balaban J connectivity index is 3.02. The second-order valence-corrected chi connectivity index (χ2v) is 2.94. The Hall–Kier alpha value is -1.57. The van der Waals surface area contributed by atoms with Gasteiger partial charge in [-0.2, -0.15) is 13.2 Å². The highest BCUT2D eigenvalue weighted by Crippen LogP contribution is 2.31. The summed E-state index contributed by atoms with van der Waals surface area (Å²) in [5.41, 5.74) is -0.954. The van der Waals surface area contributed by atoms with E-state index in [0.29, 0.717) is 5.56 Å². The highest BCUT2D eigenvalue weighted by molar-refractivity contribution is 5.27. The molecule has 0 spiro atoms. The lowest BCUT2D eigenvalue weighted by atomic mass is 10.1. The minimum atomic E-state index is -4.68. The lowest BCUT2D eigenvalue weighted by Gasteiger charge is -2.08. The van der Waals surface area contributed by atoms with E-state index in [0.717, 1.165) is 12.1 Å². The van der Waals surface area contributed by atoms with E-state index >= 15 is 0 Å². The molecule has 80 valence electrons. The monoisotopic (exact) mass is 217 g/mol. The van der Waals surface area contributed by atoms with Gasteiger partial charge in [0.1, 0.15) is 5.82 Å². The van der Waals surface area contributed by atoms with Crippen LogP contribution >= 0.6 is 0 Å². The van der Waals surface area contributed by atoms with E-state index in [1.54, 1.807) is 0 Å². The summed E-state index contributed by atoms with van der Waals surface area (Å²) >= 11 is 0. The van der Waals surface area contributed by atoms with Gasteiger partial charge in [-0.05, 0) is 17.7 Å². The molecule has 0 saturated carbocycles. The van der Waals surface area contributed by atoms with Crippen molar-refractivity contribution in [1.82, 2.24) is 0 Å². The largest absolute Gasteiger partial charge is 0.419 e. The molecule has 5 heteroatoms. The van der Waals surface area contributed by atoms with Crippen molar-refractivity contribution in [2.75, 3.05) is 6.54 Å². The van der Waals surface area contributed by atoms with Crippen LogP contribution in [0.15, 0.2) is 18.2 Å². The Labute approximate surface area is 84.2 Å². The standard InChI is InChI=1S/C10H7F4N/c1-15-5-4-7-2-3-9(11)8(6-7)10(12,13)14/h2-3,6H,4-5H2. The highest BCUT2D eigenvalue weighted by Gasteiger charge is 2.34. The summed E-state index contributed by atoms with van der Waals surface area (Å²) < 4.78 is 49.6. The van der Waals surface area contributed by atoms with Crippen LogP contribution in [0.2, 0.25) is 0 Å². The van der Waals surface area contributed by atoms with Gasteiger partial charge in [-0.15, -0.1) is 0 Å². The van der Waals surface area contributed by atoms with E-state index in [1.807, 2.05) is 0 Å². The van der Waals surface area contributed by atoms with E-state index in [4.69, 9.17) is 6.57 Å². The Bertz CT molecular complexity index is 389. The molecule has 0 radical (unpaired) electrons. The summed E-state index contributed by atoms with van der Waals surface area (Å²) in [6.07, 6.45) is -4.48. The minimum absolute atomic E-state index is 0.100. The molecule has 0 bridgehead atoms. The van der Waals surface area contributed by atoms with E-state index < -0.39 is 17.6 Å². The SMILES string of the molecule is [C-]#[N+]CCc1ccc(F)c(C(F)(F)F)c1. The maximum absolute atomic E-state index is 12.8. The second kappa shape index (κ2) is 4.30. The molecule has 0 aliphatic rings. The molecule has 0 atom stereocenters. The van der Waals surface area contributed by atoms with Gasteiger partial charge in [0.2, 0.25) is 6.54 Å². The van der Waals surface area contributed by atoms with Crippen LogP contribution in [0.4, 0.5) is 17.6 Å². The molecule has 0 saturated heterocycles. The minimum Gasteiger partial charge on any atom is -0.317 e. The van der Waals surface area contributed by atoms with E-state index in [-0.39, 0.29) is 13.0 Å². The van der Waals surface area contributed by atoms with Crippen molar-refractivity contribution in [2.24, 2.45) is 0 Å². The van der Waals surface area contributed by atoms with E-state index in [9.17, 15) is 17.6 Å². The molecular weight excluding hydrogens is 210 g/mol.